The van der Waals surface area contributed by atoms with Gasteiger partial charge < -0.3 is 4.90 Å². The Hall–Kier alpha value is -1.82. The number of rotatable bonds is 3. The van der Waals surface area contributed by atoms with E-state index in [2.05, 4.69) is 10.9 Å². The predicted molar refractivity (Wildman–Crippen MR) is 64.1 cm³/mol. The van der Waals surface area contributed by atoms with E-state index in [4.69, 9.17) is 6.42 Å². The van der Waals surface area contributed by atoms with E-state index < -0.39 is 0 Å². The van der Waals surface area contributed by atoms with Crippen molar-refractivity contribution in [2.75, 3.05) is 13.1 Å². The molecular weight excluding hydrogens is 200 g/mol. The van der Waals surface area contributed by atoms with Crippen molar-refractivity contribution in [3.05, 3.63) is 29.1 Å². The average Bonchev–Trinajstić information content (AvgIpc) is 2.25. The van der Waals surface area contributed by atoms with Crippen LogP contribution in [0.1, 0.15) is 28.7 Å². The van der Waals surface area contributed by atoms with Crippen LogP contribution in [0.2, 0.25) is 0 Å². The molecule has 0 N–H and O–H groups in total. The van der Waals surface area contributed by atoms with Crippen molar-refractivity contribution in [3.8, 4) is 12.3 Å². The fourth-order valence-electron chi connectivity index (χ4n) is 1.52. The lowest BCUT2D eigenvalue weighted by atomic mass is 10.1. The Morgan fingerprint density at radius 2 is 2.19 bits per heavy atom. The Bertz CT molecular complexity index is 432. The molecule has 84 valence electrons. The Labute approximate surface area is 96.5 Å². The summed E-state index contributed by atoms with van der Waals surface area (Å²) < 4.78 is 0. The van der Waals surface area contributed by atoms with E-state index in [9.17, 15) is 4.79 Å². The van der Waals surface area contributed by atoms with Gasteiger partial charge in [0.15, 0.2) is 0 Å². The van der Waals surface area contributed by atoms with Crippen molar-refractivity contribution < 1.29 is 4.79 Å². The molecule has 1 heterocycles. The van der Waals surface area contributed by atoms with Crippen LogP contribution in [-0.2, 0) is 0 Å². The monoisotopic (exact) mass is 216 g/mol. The summed E-state index contributed by atoms with van der Waals surface area (Å²) in [5.74, 6) is 2.43. The Morgan fingerprint density at radius 1 is 1.50 bits per heavy atom. The first-order valence-electron chi connectivity index (χ1n) is 5.27. The van der Waals surface area contributed by atoms with Crippen LogP contribution in [0.15, 0.2) is 12.1 Å². The molecule has 0 aromatic carbocycles. The molecule has 3 heteroatoms. The predicted octanol–water partition coefficient (Wildman–Crippen LogP) is 1.79. The molecule has 0 radical (unpaired) electrons. The van der Waals surface area contributed by atoms with Crippen LogP contribution in [0.3, 0.4) is 0 Å². The maximum atomic E-state index is 12.1. The zero-order valence-corrected chi connectivity index (χ0v) is 9.95. The molecule has 1 aromatic heterocycles. The molecule has 1 rings (SSSR count). The van der Waals surface area contributed by atoms with Crippen LogP contribution in [0.25, 0.3) is 0 Å². The molecule has 3 nitrogen and oxygen atoms in total. The summed E-state index contributed by atoms with van der Waals surface area (Å²) in [4.78, 5) is 18.0. The van der Waals surface area contributed by atoms with Gasteiger partial charge in [0, 0.05) is 12.2 Å². The van der Waals surface area contributed by atoms with Crippen LogP contribution in [-0.4, -0.2) is 28.9 Å². The number of terminal acetylenes is 1. The second-order valence-corrected chi connectivity index (χ2v) is 3.61. The maximum absolute atomic E-state index is 12.1. The van der Waals surface area contributed by atoms with Crippen molar-refractivity contribution in [2.45, 2.75) is 20.8 Å². The van der Waals surface area contributed by atoms with Gasteiger partial charge in [0.1, 0.15) is 0 Å². The van der Waals surface area contributed by atoms with Gasteiger partial charge in [0.2, 0.25) is 0 Å². The highest BCUT2D eigenvalue weighted by molar-refractivity contribution is 5.95. The van der Waals surface area contributed by atoms with E-state index in [1.807, 2.05) is 26.8 Å². The number of hydrogen-bond donors (Lipinski definition) is 0. The highest BCUT2D eigenvalue weighted by Gasteiger charge is 2.15. The van der Waals surface area contributed by atoms with Gasteiger partial charge in [-0.1, -0.05) is 5.92 Å². The first kappa shape index (κ1) is 12.3. The summed E-state index contributed by atoms with van der Waals surface area (Å²) in [6, 6.07) is 3.64. The molecule has 0 fully saturated rings. The normalized spacial score (nSPS) is 9.62. The smallest absolute Gasteiger partial charge is 0.256 e. The number of carbonyl (C=O) groups is 1. The summed E-state index contributed by atoms with van der Waals surface area (Å²) in [6.45, 7) is 6.59. The first-order chi connectivity index (χ1) is 7.60. The first-order valence-corrected chi connectivity index (χ1v) is 5.27. The molecule has 1 aromatic rings. The molecule has 0 saturated carbocycles. The fourth-order valence-corrected chi connectivity index (χ4v) is 1.52. The molecular formula is C13H16N2O. The van der Waals surface area contributed by atoms with E-state index in [-0.39, 0.29) is 5.91 Å². The lowest BCUT2D eigenvalue weighted by Crippen LogP contribution is -2.31. The van der Waals surface area contributed by atoms with Crippen LogP contribution < -0.4 is 0 Å². The number of amides is 1. The van der Waals surface area contributed by atoms with E-state index >= 15 is 0 Å². The highest BCUT2D eigenvalue weighted by Crippen LogP contribution is 2.09. The van der Waals surface area contributed by atoms with Crippen LogP contribution in [0, 0.1) is 26.2 Å². The minimum atomic E-state index is -0.0505. The molecule has 0 aliphatic heterocycles. The SMILES string of the molecule is C#CCN(CC)C(=O)c1ccc(C)nc1C. The molecule has 0 saturated heterocycles. The number of hydrogen-bond acceptors (Lipinski definition) is 2. The Morgan fingerprint density at radius 3 is 2.69 bits per heavy atom. The van der Waals surface area contributed by atoms with Gasteiger partial charge >= 0.3 is 0 Å². The Kier molecular flexibility index (Phi) is 4.07. The number of aryl methyl sites for hydroxylation is 2. The van der Waals surface area contributed by atoms with E-state index in [0.717, 1.165) is 11.4 Å². The highest BCUT2D eigenvalue weighted by atomic mass is 16.2. The molecule has 16 heavy (non-hydrogen) atoms. The van der Waals surface area contributed by atoms with Crippen molar-refractivity contribution in [3.63, 3.8) is 0 Å². The summed E-state index contributed by atoms with van der Waals surface area (Å²) in [7, 11) is 0. The second-order valence-electron chi connectivity index (χ2n) is 3.61. The molecule has 0 aliphatic rings. The minimum absolute atomic E-state index is 0.0505. The van der Waals surface area contributed by atoms with Crippen molar-refractivity contribution in [1.82, 2.24) is 9.88 Å². The number of carbonyl (C=O) groups excluding carboxylic acids is 1. The van der Waals surface area contributed by atoms with E-state index in [1.54, 1.807) is 11.0 Å². The summed E-state index contributed by atoms with van der Waals surface area (Å²) in [5.41, 5.74) is 2.29. The van der Waals surface area contributed by atoms with Crippen molar-refractivity contribution >= 4 is 5.91 Å². The van der Waals surface area contributed by atoms with Gasteiger partial charge in [-0.2, -0.15) is 0 Å². The third-order valence-electron chi connectivity index (χ3n) is 2.41. The number of pyridine rings is 1. The molecule has 0 bridgehead atoms. The topological polar surface area (TPSA) is 33.2 Å². The van der Waals surface area contributed by atoms with Gasteiger partial charge in [-0.3, -0.25) is 9.78 Å². The van der Waals surface area contributed by atoms with Gasteiger partial charge in [-0.05, 0) is 32.9 Å². The van der Waals surface area contributed by atoms with Crippen molar-refractivity contribution in [2.24, 2.45) is 0 Å². The number of aromatic nitrogens is 1. The van der Waals surface area contributed by atoms with E-state index in [1.165, 1.54) is 0 Å². The molecule has 0 unspecified atom stereocenters. The van der Waals surface area contributed by atoms with Crippen LogP contribution in [0.4, 0.5) is 0 Å². The lowest BCUT2D eigenvalue weighted by molar-refractivity contribution is 0.0783. The third-order valence-corrected chi connectivity index (χ3v) is 2.41. The van der Waals surface area contributed by atoms with Gasteiger partial charge in [-0.15, -0.1) is 6.42 Å². The maximum Gasteiger partial charge on any atom is 0.256 e. The lowest BCUT2D eigenvalue weighted by Gasteiger charge is -2.18. The van der Waals surface area contributed by atoms with Gasteiger partial charge in [0.05, 0.1) is 17.8 Å². The van der Waals surface area contributed by atoms with Crippen LogP contribution >= 0.6 is 0 Å². The third kappa shape index (κ3) is 2.60. The van der Waals surface area contributed by atoms with Crippen molar-refractivity contribution in [1.29, 1.82) is 0 Å². The molecule has 0 spiro atoms. The molecule has 0 aliphatic carbocycles. The second kappa shape index (κ2) is 5.32. The number of nitrogens with zero attached hydrogens (tertiary/aromatic N) is 2. The zero-order chi connectivity index (χ0) is 12.1. The molecule has 1 amide bonds. The summed E-state index contributed by atoms with van der Waals surface area (Å²) in [5, 5.41) is 0. The zero-order valence-electron chi connectivity index (χ0n) is 9.95. The largest absolute Gasteiger partial charge is 0.328 e. The summed E-state index contributed by atoms with van der Waals surface area (Å²) >= 11 is 0. The standard InChI is InChI=1S/C13H16N2O/c1-5-9-15(6-2)13(16)12-8-7-10(3)14-11(12)4/h1,7-8H,6,9H2,2-4H3. The Balaban J connectivity index is 3.00. The van der Waals surface area contributed by atoms with Crippen LogP contribution in [0.5, 0.6) is 0 Å². The average molecular weight is 216 g/mol. The summed E-state index contributed by atoms with van der Waals surface area (Å²) in [6.07, 6.45) is 5.22. The fraction of sp³-hybridized carbons (Fsp3) is 0.385. The molecule has 0 atom stereocenters. The van der Waals surface area contributed by atoms with Gasteiger partial charge in [0.25, 0.3) is 5.91 Å². The van der Waals surface area contributed by atoms with E-state index in [0.29, 0.717) is 18.7 Å². The quantitative estimate of drug-likeness (QED) is 0.722. The minimum Gasteiger partial charge on any atom is -0.328 e. The van der Waals surface area contributed by atoms with Gasteiger partial charge in [-0.25, -0.2) is 0 Å².